The zero-order valence-electron chi connectivity index (χ0n) is 10.7. The van der Waals surface area contributed by atoms with Crippen LogP contribution in [0.15, 0.2) is 18.2 Å². The molecular formula is C15H17ClO3. The maximum Gasteiger partial charge on any atom is 0.314 e. The van der Waals surface area contributed by atoms with E-state index in [1.807, 2.05) is 6.07 Å². The van der Waals surface area contributed by atoms with Gasteiger partial charge in [-0.1, -0.05) is 18.0 Å². The number of carboxylic acids is 1. The Balaban J connectivity index is 1.85. The highest BCUT2D eigenvalue weighted by Gasteiger charge is 2.46. The van der Waals surface area contributed by atoms with E-state index in [0.717, 1.165) is 12.0 Å². The first-order chi connectivity index (χ1) is 9.10. The summed E-state index contributed by atoms with van der Waals surface area (Å²) in [6, 6.07) is 5.38. The van der Waals surface area contributed by atoms with Crippen molar-refractivity contribution in [2.75, 3.05) is 6.61 Å². The van der Waals surface area contributed by atoms with Crippen molar-refractivity contribution in [3.63, 3.8) is 0 Å². The molecule has 2 aliphatic rings. The largest absolute Gasteiger partial charge is 0.493 e. The fourth-order valence-corrected chi connectivity index (χ4v) is 2.80. The number of carbonyl (C=O) groups is 1. The van der Waals surface area contributed by atoms with Gasteiger partial charge in [0.2, 0.25) is 0 Å². The van der Waals surface area contributed by atoms with Gasteiger partial charge in [-0.15, -0.1) is 0 Å². The second-order valence-electron chi connectivity index (χ2n) is 5.67. The maximum atomic E-state index is 11.5. The van der Waals surface area contributed by atoms with Crippen LogP contribution in [0, 0.1) is 5.92 Å². The molecule has 2 fully saturated rings. The van der Waals surface area contributed by atoms with Gasteiger partial charge in [0.1, 0.15) is 5.75 Å². The second-order valence-corrected chi connectivity index (χ2v) is 6.11. The summed E-state index contributed by atoms with van der Waals surface area (Å²) in [6.45, 7) is 0.708. The molecule has 102 valence electrons. The van der Waals surface area contributed by atoms with Crippen LogP contribution in [0.1, 0.15) is 37.7 Å². The van der Waals surface area contributed by atoms with Crippen LogP contribution >= 0.6 is 11.6 Å². The lowest BCUT2D eigenvalue weighted by Gasteiger charge is -2.38. The molecule has 3 rings (SSSR count). The molecule has 4 heteroatoms. The Labute approximate surface area is 117 Å². The van der Waals surface area contributed by atoms with Crippen molar-refractivity contribution in [3.8, 4) is 5.75 Å². The van der Waals surface area contributed by atoms with Crippen molar-refractivity contribution in [2.24, 2.45) is 5.92 Å². The minimum Gasteiger partial charge on any atom is -0.493 e. The molecule has 0 aromatic heterocycles. The van der Waals surface area contributed by atoms with Crippen LogP contribution in [0.5, 0.6) is 5.75 Å². The van der Waals surface area contributed by atoms with E-state index < -0.39 is 11.4 Å². The number of ether oxygens (including phenoxy) is 1. The molecule has 0 heterocycles. The van der Waals surface area contributed by atoms with Gasteiger partial charge in [-0.3, -0.25) is 4.79 Å². The molecule has 1 aromatic rings. The third kappa shape index (κ3) is 2.44. The van der Waals surface area contributed by atoms with Gasteiger partial charge in [0.15, 0.2) is 0 Å². The van der Waals surface area contributed by atoms with Crippen molar-refractivity contribution in [2.45, 2.75) is 37.5 Å². The van der Waals surface area contributed by atoms with E-state index in [0.29, 0.717) is 36.1 Å². The highest BCUT2D eigenvalue weighted by atomic mass is 35.5. The molecule has 0 atom stereocenters. The Bertz CT molecular complexity index is 504. The monoisotopic (exact) mass is 280 g/mol. The summed E-state index contributed by atoms with van der Waals surface area (Å²) in [6.07, 6.45) is 4.78. The zero-order valence-corrected chi connectivity index (χ0v) is 11.4. The maximum absolute atomic E-state index is 11.5. The molecule has 2 aliphatic carbocycles. The molecule has 1 aromatic carbocycles. The Hall–Kier alpha value is -1.22. The van der Waals surface area contributed by atoms with Crippen molar-refractivity contribution in [1.82, 2.24) is 0 Å². The van der Waals surface area contributed by atoms with Crippen LogP contribution in [0.3, 0.4) is 0 Å². The van der Waals surface area contributed by atoms with Gasteiger partial charge in [0, 0.05) is 5.02 Å². The average molecular weight is 281 g/mol. The van der Waals surface area contributed by atoms with E-state index in [2.05, 4.69) is 0 Å². The van der Waals surface area contributed by atoms with E-state index in [1.165, 1.54) is 12.8 Å². The number of halogens is 1. The first-order valence-corrected chi connectivity index (χ1v) is 7.15. The third-order valence-corrected chi connectivity index (χ3v) is 4.44. The topological polar surface area (TPSA) is 46.5 Å². The molecule has 0 amide bonds. The smallest absolute Gasteiger partial charge is 0.314 e. The Morgan fingerprint density at radius 2 is 2.11 bits per heavy atom. The van der Waals surface area contributed by atoms with Gasteiger partial charge >= 0.3 is 5.97 Å². The third-order valence-electron chi connectivity index (χ3n) is 4.22. The zero-order chi connectivity index (χ0) is 13.5. The first-order valence-electron chi connectivity index (χ1n) is 6.77. The van der Waals surface area contributed by atoms with Gasteiger partial charge in [-0.05, 0) is 55.4 Å². The summed E-state index contributed by atoms with van der Waals surface area (Å²) in [4.78, 5) is 11.5. The highest BCUT2D eigenvalue weighted by molar-refractivity contribution is 6.30. The molecular weight excluding hydrogens is 264 g/mol. The minimum atomic E-state index is -0.755. The molecule has 1 N–H and O–H groups in total. The van der Waals surface area contributed by atoms with Crippen molar-refractivity contribution < 1.29 is 14.6 Å². The van der Waals surface area contributed by atoms with E-state index in [-0.39, 0.29) is 0 Å². The van der Waals surface area contributed by atoms with E-state index in [1.54, 1.807) is 12.1 Å². The normalized spacial score (nSPS) is 20.7. The predicted molar refractivity (Wildman–Crippen MR) is 72.8 cm³/mol. The van der Waals surface area contributed by atoms with Crippen LogP contribution in [-0.4, -0.2) is 17.7 Å². The molecule has 3 nitrogen and oxygen atoms in total. The summed E-state index contributed by atoms with van der Waals surface area (Å²) in [7, 11) is 0. The van der Waals surface area contributed by atoms with Crippen LogP contribution in [0.4, 0.5) is 0 Å². The molecule has 0 aliphatic heterocycles. The standard InChI is InChI=1S/C15H17ClO3/c16-12-6-11(15(14(17)18)4-1-5-15)7-13(8-12)19-9-10-2-3-10/h6-8,10H,1-5,9H2,(H,17,18). The van der Waals surface area contributed by atoms with E-state index in [4.69, 9.17) is 16.3 Å². The quantitative estimate of drug-likeness (QED) is 0.896. The second kappa shape index (κ2) is 4.71. The van der Waals surface area contributed by atoms with Gasteiger partial charge < -0.3 is 9.84 Å². The van der Waals surface area contributed by atoms with Crippen molar-refractivity contribution in [1.29, 1.82) is 0 Å². The summed E-state index contributed by atoms with van der Waals surface area (Å²) >= 11 is 6.10. The molecule has 0 radical (unpaired) electrons. The molecule has 0 bridgehead atoms. The number of hydrogen-bond donors (Lipinski definition) is 1. The summed E-state index contributed by atoms with van der Waals surface area (Å²) in [5.74, 6) is 0.607. The molecule has 19 heavy (non-hydrogen) atoms. The SMILES string of the molecule is O=C(O)C1(c2cc(Cl)cc(OCC3CC3)c2)CCC1. The highest BCUT2D eigenvalue weighted by Crippen LogP contribution is 2.45. The number of benzene rings is 1. The molecule has 0 saturated heterocycles. The van der Waals surface area contributed by atoms with Crippen LogP contribution in [0.2, 0.25) is 5.02 Å². The molecule has 0 spiro atoms. The van der Waals surface area contributed by atoms with E-state index >= 15 is 0 Å². The number of rotatable bonds is 5. The van der Waals surface area contributed by atoms with Crippen molar-refractivity contribution >= 4 is 17.6 Å². The minimum absolute atomic E-state index is 0.552. The fourth-order valence-electron chi connectivity index (χ4n) is 2.58. The van der Waals surface area contributed by atoms with Gasteiger partial charge in [0.05, 0.1) is 12.0 Å². The molecule has 0 unspecified atom stereocenters. The van der Waals surface area contributed by atoms with Gasteiger partial charge in [-0.25, -0.2) is 0 Å². The predicted octanol–water partition coefficient (Wildman–Crippen LogP) is 3.64. The fraction of sp³-hybridized carbons (Fsp3) is 0.533. The Morgan fingerprint density at radius 3 is 2.63 bits per heavy atom. The van der Waals surface area contributed by atoms with Crippen LogP contribution in [-0.2, 0) is 10.2 Å². The van der Waals surface area contributed by atoms with E-state index in [9.17, 15) is 9.90 Å². The Kier molecular flexibility index (Phi) is 3.17. The average Bonchev–Trinajstić information content (AvgIpc) is 3.07. The van der Waals surface area contributed by atoms with Crippen molar-refractivity contribution in [3.05, 3.63) is 28.8 Å². The summed E-state index contributed by atoms with van der Waals surface area (Å²) in [5.41, 5.74) is 0.0346. The lowest BCUT2D eigenvalue weighted by Crippen LogP contribution is -2.42. The Morgan fingerprint density at radius 1 is 1.37 bits per heavy atom. The number of carboxylic acid groups (broad SMARTS) is 1. The van der Waals surface area contributed by atoms with Crippen LogP contribution < -0.4 is 4.74 Å². The first kappa shape index (κ1) is 12.8. The van der Waals surface area contributed by atoms with Gasteiger partial charge in [-0.2, -0.15) is 0 Å². The lowest BCUT2D eigenvalue weighted by atomic mass is 9.64. The molecule has 2 saturated carbocycles. The summed E-state index contributed by atoms with van der Waals surface area (Å²) < 4.78 is 5.72. The number of aliphatic carboxylic acids is 1. The van der Waals surface area contributed by atoms with Crippen LogP contribution in [0.25, 0.3) is 0 Å². The summed E-state index contributed by atoms with van der Waals surface area (Å²) in [5, 5.41) is 10.0. The number of hydrogen-bond acceptors (Lipinski definition) is 2. The van der Waals surface area contributed by atoms with Gasteiger partial charge in [0.25, 0.3) is 0 Å². The lowest BCUT2D eigenvalue weighted by molar-refractivity contribution is -0.147.